The highest BCUT2D eigenvalue weighted by Crippen LogP contribution is 2.27. The molecule has 96 valence electrons. The van der Waals surface area contributed by atoms with Gasteiger partial charge in [-0.2, -0.15) is 0 Å². The Hall–Kier alpha value is -1.06. The number of rotatable bonds is 6. The molecule has 1 aromatic rings. The second-order valence-corrected chi connectivity index (χ2v) is 4.62. The smallest absolute Gasteiger partial charge is 0.123 e. The van der Waals surface area contributed by atoms with Crippen LogP contribution in [0.2, 0.25) is 0 Å². The maximum Gasteiger partial charge on any atom is 0.123 e. The Balaban J connectivity index is 2.71. The van der Waals surface area contributed by atoms with Gasteiger partial charge in [-0.3, -0.25) is 0 Å². The van der Waals surface area contributed by atoms with Crippen molar-refractivity contribution in [3.05, 3.63) is 29.3 Å². The van der Waals surface area contributed by atoms with E-state index in [1.807, 2.05) is 13.0 Å². The molecular formula is C14H22O3. The lowest BCUT2D eigenvalue weighted by Crippen LogP contribution is -2.23. The van der Waals surface area contributed by atoms with Crippen LogP contribution in [0.3, 0.4) is 0 Å². The molecule has 17 heavy (non-hydrogen) atoms. The summed E-state index contributed by atoms with van der Waals surface area (Å²) in [6.07, 6.45) is -0.583. The fourth-order valence-corrected chi connectivity index (χ4v) is 1.67. The molecule has 0 radical (unpaired) electrons. The number of hydrogen-bond donors (Lipinski definition) is 1. The second kappa shape index (κ2) is 6.62. The fourth-order valence-electron chi connectivity index (χ4n) is 1.67. The van der Waals surface area contributed by atoms with E-state index in [2.05, 4.69) is 26.0 Å². The molecule has 1 aromatic carbocycles. The summed E-state index contributed by atoms with van der Waals surface area (Å²) >= 11 is 0. The first-order chi connectivity index (χ1) is 8.04. The van der Waals surface area contributed by atoms with Crippen LogP contribution < -0.4 is 4.74 Å². The Labute approximate surface area is 103 Å². The van der Waals surface area contributed by atoms with E-state index in [-0.39, 0.29) is 6.61 Å². The third-order valence-electron chi connectivity index (χ3n) is 2.58. The number of aryl methyl sites for hydroxylation is 1. The van der Waals surface area contributed by atoms with Gasteiger partial charge in [0.25, 0.3) is 0 Å². The monoisotopic (exact) mass is 238 g/mol. The van der Waals surface area contributed by atoms with Crippen molar-refractivity contribution < 1.29 is 14.6 Å². The summed E-state index contributed by atoms with van der Waals surface area (Å²) in [6, 6.07) is 6.17. The average molecular weight is 238 g/mol. The standard InChI is InChI=1S/C14H22O3/c1-10(2)13-6-5-11(3)7-14(13)17-9-12(15)8-16-4/h5-7,10,12,15H,8-9H2,1-4H3. The van der Waals surface area contributed by atoms with E-state index in [4.69, 9.17) is 9.47 Å². The molecule has 0 aliphatic heterocycles. The zero-order valence-electron chi connectivity index (χ0n) is 11.1. The Bertz CT molecular complexity index is 347. The zero-order valence-corrected chi connectivity index (χ0v) is 11.1. The first-order valence-electron chi connectivity index (χ1n) is 5.95. The minimum absolute atomic E-state index is 0.261. The van der Waals surface area contributed by atoms with Crippen molar-refractivity contribution in [2.45, 2.75) is 32.8 Å². The van der Waals surface area contributed by atoms with E-state index in [0.29, 0.717) is 12.5 Å². The third-order valence-corrected chi connectivity index (χ3v) is 2.58. The number of aliphatic hydroxyl groups is 1. The second-order valence-electron chi connectivity index (χ2n) is 4.62. The molecular weight excluding hydrogens is 216 g/mol. The van der Waals surface area contributed by atoms with Gasteiger partial charge < -0.3 is 14.6 Å². The van der Waals surface area contributed by atoms with E-state index in [1.165, 1.54) is 5.56 Å². The summed E-state index contributed by atoms with van der Waals surface area (Å²) in [5, 5.41) is 9.56. The highest BCUT2D eigenvalue weighted by atomic mass is 16.5. The molecule has 3 heteroatoms. The van der Waals surface area contributed by atoms with Crippen LogP contribution in [-0.4, -0.2) is 31.5 Å². The SMILES string of the molecule is COCC(O)COc1cc(C)ccc1C(C)C. The van der Waals surface area contributed by atoms with E-state index in [9.17, 15) is 5.11 Å². The van der Waals surface area contributed by atoms with Gasteiger partial charge in [0.05, 0.1) is 6.61 Å². The third kappa shape index (κ3) is 4.36. The summed E-state index contributed by atoms with van der Waals surface area (Å²) < 4.78 is 10.5. The minimum atomic E-state index is -0.583. The van der Waals surface area contributed by atoms with E-state index in [0.717, 1.165) is 11.3 Å². The van der Waals surface area contributed by atoms with Gasteiger partial charge in [-0.15, -0.1) is 0 Å². The predicted molar refractivity (Wildman–Crippen MR) is 68.6 cm³/mol. The predicted octanol–water partition coefficient (Wildman–Crippen LogP) is 2.50. The van der Waals surface area contributed by atoms with E-state index >= 15 is 0 Å². The molecule has 1 unspecified atom stereocenters. The van der Waals surface area contributed by atoms with Gasteiger partial charge >= 0.3 is 0 Å². The molecule has 0 saturated heterocycles. The van der Waals surface area contributed by atoms with Crippen LogP contribution in [0.5, 0.6) is 5.75 Å². The molecule has 0 fully saturated rings. The van der Waals surface area contributed by atoms with Gasteiger partial charge in [0.2, 0.25) is 0 Å². The molecule has 0 aliphatic carbocycles. The molecule has 0 bridgehead atoms. The number of benzene rings is 1. The summed E-state index contributed by atoms with van der Waals surface area (Å²) in [7, 11) is 1.56. The highest BCUT2D eigenvalue weighted by molar-refractivity contribution is 5.39. The molecule has 0 spiro atoms. The van der Waals surface area contributed by atoms with Crippen molar-refractivity contribution in [3.8, 4) is 5.75 Å². The van der Waals surface area contributed by atoms with Crippen molar-refractivity contribution >= 4 is 0 Å². The summed E-state index contributed by atoms with van der Waals surface area (Å²) in [4.78, 5) is 0. The average Bonchev–Trinajstić information content (AvgIpc) is 2.26. The van der Waals surface area contributed by atoms with Crippen molar-refractivity contribution in [2.24, 2.45) is 0 Å². The maximum absolute atomic E-state index is 9.56. The number of aliphatic hydroxyl groups excluding tert-OH is 1. The normalized spacial score (nSPS) is 12.8. The van der Waals surface area contributed by atoms with Crippen LogP contribution in [0.1, 0.15) is 30.9 Å². The first-order valence-corrected chi connectivity index (χ1v) is 5.95. The van der Waals surface area contributed by atoms with Crippen LogP contribution in [0.25, 0.3) is 0 Å². The molecule has 1 N–H and O–H groups in total. The van der Waals surface area contributed by atoms with Crippen molar-refractivity contribution in [1.82, 2.24) is 0 Å². The summed E-state index contributed by atoms with van der Waals surface area (Å²) in [5.74, 6) is 1.26. The van der Waals surface area contributed by atoms with Crippen molar-refractivity contribution in [2.75, 3.05) is 20.3 Å². The highest BCUT2D eigenvalue weighted by Gasteiger charge is 2.10. The maximum atomic E-state index is 9.56. The van der Waals surface area contributed by atoms with Gasteiger partial charge in [-0.25, -0.2) is 0 Å². The Morgan fingerprint density at radius 1 is 1.24 bits per heavy atom. The lowest BCUT2D eigenvalue weighted by molar-refractivity contribution is 0.0322. The lowest BCUT2D eigenvalue weighted by Gasteiger charge is -2.17. The van der Waals surface area contributed by atoms with Crippen LogP contribution in [0.15, 0.2) is 18.2 Å². The van der Waals surface area contributed by atoms with Crippen molar-refractivity contribution in [3.63, 3.8) is 0 Å². The van der Waals surface area contributed by atoms with Gasteiger partial charge in [0.1, 0.15) is 18.5 Å². The number of ether oxygens (including phenoxy) is 2. The quantitative estimate of drug-likeness (QED) is 0.827. The lowest BCUT2D eigenvalue weighted by atomic mass is 10.0. The molecule has 0 saturated carbocycles. The van der Waals surface area contributed by atoms with Crippen LogP contribution >= 0.6 is 0 Å². The van der Waals surface area contributed by atoms with Gasteiger partial charge in [0, 0.05) is 7.11 Å². The Morgan fingerprint density at radius 3 is 2.53 bits per heavy atom. The zero-order chi connectivity index (χ0) is 12.8. The van der Waals surface area contributed by atoms with Gasteiger partial charge in [-0.05, 0) is 30.0 Å². The number of methoxy groups -OCH3 is 1. The molecule has 0 amide bonds. The first kappa shape index (κ1) is 14.0. The fraction of sp³-hybridized carbons (Fsp3) is 0.571. The van der Waals surface area contributed by atoms with Crippen LogP contribution in [0, 0.1) is 6.92 Å². The topological polar surface area (TPSA) is 38.7 Å². The van der Waals surface area contributed by atoms with E-state index in [1.54, 1.807) is 7.11 Å². The van der Waals surface area contributed by atoms with Crippen LogP contribution in [0.4, 0.5) is 0 Å². The molecule has 0 heterocycles. The molecule has 0 aromatic heterocycles. The molecule has 0 aliphatic rings. The van der Waals surface area contributed by atoms with Crippen molar-refractivity contribution in [1.29, 1.82) is 0 Å². The Morgan fingerprint density at radius 2 is 1.94 bits per heavy atom. The number of hydrogen-bond acceptors (Lipinski definition) is 3. The summed E-state index contributed by atoms with van der Waals surface area (Å²) in [5.41, 5.74) is 2.32. The van der Waals surface area contributed by atoms with E-state index < -0.39 is 6.10 Å². The van der Waals surface area contributed by atoms with Gasteiger partial charge in [-0.1, -0.05) is 26.0 Å². The summed E-state index contributed by atoms with van der Waals surface area (Å²) in [6.45, 7) is 6.84. The molecule has 1 atom stereocenters. The Kier molecular flexibility index (Phi) is 5.45. The van der Waals surface area contributed by atoms with Gasteiger partial charge in [0.15, 0.2) is 0 Å². The molecule has 3 nitrogen and oxygen atoms in total. The largest absolute Gasteiger partial charge is 0.490 e. The minimum Gasteiger partial charge on any atom is -0.490 e. The van der Waals surface area contributed by atoms with Crippen LogP contribution in [-0.2, 0) is 4.74 Å². The molecule has 1 rings (SSSR count).